The number of fused-ring (bicyclic) bond motifs is 1. The summed E-state index contributed by atoms with van der Waals surface area (Å²) in [6.45, 7) is 3.75. The molecular formula is C24H20N6O3. The van der Waals surface area contributed by atoms with Crippen LogP contribution in [0.2, 0.25) is 0 Å². The van der Waals surface area contributed by atoms with Gasteiger partial charge in [0.05, 0.1) is 22.9 Å². The molecule has 0 fully saturated rings. The van der Waals surface area contributed by atoms with E-state index in [-0.39, 0.29) is 11.9 Å². The molecule has 0 radical (unpaired) electrons. The number of pyridine rings is 1. The second-order valence-corrected chi connectivity index (χ2v) is 7.50. The number of rotatable bonds is 5. The van der Waals surface area contributed by atoms with Crippen LogP contribution in [0.1, 0.15) is 21.6 Å². The molecular weight excluding hydrogens is 420 g/mol. The third kappa shape index (κ3) is 3.91. The Morgan fingerprint density at radius 3 is 2.64 bits per heavy atom. The number of carbonyl (C=O) groups excluding carboxylic acids is 1. The van der Waals surface area contributed by atoms with Gasteiger partial charge in [-0.3, -0.25) is 9.48 Å². The zero-order valence-corrected chi connectivity index (χ0v) is 18.2. The maximum absolute atomic E-state index is 13.4. The van der Waals surface area contributed by atoms with Crippen LogP contribution in [0.25, 0.3) is 22.5 Å². The molecule has 4 heterocycles. The van der Waals surface area contributed by atoms with E-state index in [1.54, 1.807) is 66.8 Å². The van der Waals surface area contributed by atoms with Crippen LogP contribution in [0.5, 0.6) is 11.8 Å². The molecule has 164 valence electrons. The number of benzene rings is 1. The molecule has 9 heteroatoms. The topological polar surface area (TPSA) is 108 Å². The van der Waals surface area contributed by atoms with Crippen molar-refractivity contribution in [3.05, 3.63) is 77.9 Å². The van der Waals surface area contributed by atoms with E-state index in [2.05, 4.69) is 25.4 Å². The van der Waals surface area contributed by atoms with Gasteiger partial charge >= 0.3 is 6.01 Å². The van der Waals surface area contributed by atoms with Crippen molar-refractivity contribution in [2.45, 2.75) is 13.8 Å². The van der Waals surface area contributed by atoms with Crippen LogP contribution in [0.3, 0.4) is 0 Å². The Kier molecular flexibility index (Phi) is 5.06. The van der Waals surface area contributed by atoms with Crippen molar-refractivity contribution in [1.82, 2.24) is 24.7 Å². The van der Waals surface area contributed by atoms with Crippen LogP contribution in [0, 0.1) is 13.8 Å². The highest BCUT2D eigenvalue weighted by Crippen LogP contribution is 2.29. The zero-order valence-electron chi connectivity index (χ0n) is 18.2. The van der Waals surface area contributed by atoms with Gasteiger partial charge in [-0.05, 0) is 61.9 Å². The molecule has 5 rings (SSSR count). The number of aryl methyl sites for hydroxylation is 3. The summed E-state index contributed by atoms with van der Waals surface area (Å²) in [4.78, 5) is 26.2. The molecule has 0 saturated carbocycles. The number of nitrogens with zero attached hydrogens (tertiary/aromatic N) is 5. The van der Waals surface area contributed by atoms with E-state index in [1.165, 1.54) is 0 Å². The lowest BCUT2D eigenvalue weighted by atomic mass is 10.1. The van der Waals surface area contributed by atoms with Gasteiger partial charge in [0.25, 0.3) is 5.91 Å². The molecule has 0 aliphatic rings. The maximum Gasteiger partial charge on any atom is 0.321 e. The molecule has 0 unspecified atom stereocenters. The molecule has 0 spiro atoms. The van der Waals surface area contributed by atoms with Gasteiger partial charge in [0, 0.05) is 25.1 Å². The molecule has 0 aliphatic heterocycles. The molecule has 0 atom stereocenters. The molecule has 1 amide bonds. The van der Waals surface area contributed by atoms with Crippen molar-refractivity contribution in [3.63, 3.8) is 0 Å². The summed E-state index contributed by atoms with van der Waals surface area (Å²) >= 11 is 0. The zero-order chi connectivity index (χ0) is 22.9. The highest BCUT2D eigenvalue weighted by molar-refractivity contribution is 6.13. The highest BCUT2D eigenvalue weighted by Gasteiger charge is 2.20. The number of ether oxygens (including phenoxy) is 1. The van der Waals surface area contributed by atoms with Gasteiger partial charge in [-0.15, -0.1) is 0 Å². The Morgan fingerprint density at radius 2 is 1.91 bits per heavy atom. The lowest BCUT2D eigenvalue weighted by Crippen LogP contribution is -2.14. The number of amides is 1. The van der Waals surface area contributed by atoms with Crippen molar-refractivity contribution in [1.29, 1.82) is 0 Å². The fourth-order valence-electron chi connectivity index (χ4n) is 3.65. The average molecular weight is 440 g/mol. The number of nitrogens with one attached hydrogen (secondary N) is 1. The largest absolute Gasteiger partial charge is 0.463 e. The van der Waals surface area contributed by atoms with Gasteiger partial charge in [0.15, 0.2) is 11.4 Å². The number of carbonyl (C=O) groups is 1. The minimum Gasteiger partial charge on any atom is -0.463 e. The Morgan fingerprint density at radius 1 is 1.09 bits per heavy atom. The van der Waals surface area contributed by atoms with E-state index >= 15 is 0 Å². The first-order valence-corrected chi connectivity index (χ1v) is 10.2. The van der Waals surface area contributed by atoms with E-state index in [0.29, 0.717) is 39.5 Å². The Balaban J connectivity index is 1.48. The van der Waals surface area contributed by atoms with Crippen molar-refractivity contribution in [2.24, 2.45) is 7.05 Å². The molecule has 0 bridgehead atoms. The number of aromatic nitrogens is 5. The van der Waals surface area contributed by atoms with Crippen molar-refractivity contribution in [3.8, 4) is 23.2 Å². The third-order valence-electron chi connectivity index (χ3n) is 5.18. The van der Waals surface area contributed by atoms with Crippen molar-refractivity contribution >= 4 is 22.6 Å². The first kappa shape index (κ1) is 20.4. The molecule has 33 heavy (non-hydrogen) atoms. The lowest BCUT2D eigenvalue weighted by Gasteiger charge is -2.12. The molecule has 0 saturated heterocycles. The van der Waals surface area contributed by atoms with E-state index in [0.717, 1.165) is 11.3 Å². The molecule has 0 aliphatic carbocycles. The van der Waals surface area contributed by atoms with Crippen LogP contribution < -0.4 is 10.1 Å². The highest BCUT2D eigenvalue weighted by atomic mass is 16.5. The summed E-state index contributed by atoms with van der Waals surface area (Å²) in [6, 6.07) is 12.6. The summed E-state index contributed by atoms with van der Waals surface area (Å²) in [5, 5.41) is 8.14. The molecule has 9 nitrogen and oxygen atoms in total. The maximum atomic E-state index is 13.4. The Hall–Kier alpha value is -4.53. The van der Waals surface area contributed by atoms with Gasteiger partial charge in [-0.2, -0.15) is 5.10 Å². The molecule has 1 aromatic carbocycles. The minimum absolute atomic E-state index is 0.255. The quantitative estimate of drug-likeness (QED) is 0.423. The van der Waals surface area contributed by atoms with Crippen LogP contribution in [0.4, 0.5) is 5.69 Å². The van der Waals surface area contributed by atoms with E-state index in [1.807, 2.05) is 19.9 Å². The molecule has 4 aromatic heterocycles. The predicted octanol–water partition coefficient (Wildman–Crippen LogP) is 4.68. The van der Waals surface area contributed by atoms with E-state index in [4.69, 9.17) is 9.15 Å². The van der Waals surface area contributed by atoms with Crippen molar-refractivity contribution in [2.75, 3.05) is 5.32 Å². The second kappa shape index (κ2) is 8.19. The Labute approximate surface area is 189 Å². The summed E-state index contributed by atoms with van der Waals surface area (Å²) in [5.41, 5.74) is 3.84. The predicted molar refractivity (Wildman–Crippen MR) is 122 cm³/mol. The third-order valence-corrected chi connectivity index (χ3v) is 5.18. The smallest absolute Gasteiger partial charge is 0.321 e. The number of hydrogen-bond donors (Lipinski definition) is 1. The first-order chi connectivity index (χ1) is 16.0. The summed E-state index contributed by atoms with van der Waals surface area (Å²) in [5.74, 6) is 0.881. The van der Waals surface area contributed by atoms with Gasteiger partial charge in [0.2, 0.25) is 0 Å². The molecule has 1 N–H and O–H groups in total. The number of furan rings is 1. The van der Waals surface area contributed by atoms with Gasteiger partial charge in [-0.1, -0.05) is 0 Å². The van der Waals surface area contributed by atoms with Crippen LogP contribution in [-0.2, 0) is 7.05 Å². The normalized spacial score (nSPS) is 11.0. The van der Waals surface area contributed by atoms with E-state index in [9.17, 15) is 4.79 Å². The SMILES string of the molecule is Cc1cc(Oc2ncccn2)ccc1NC(=O)c1cc(-c2ccco2)nc2c1c(C)nn2C. The number of hydrogen-bond acceptors (Lipinski definition) is 7. The van der Waals surface area contributed by atoms with Crippen LogP contribution in [-0.4, -0.2) is 30.6 Å². The fraction of sp³-hybridized carbons (Fsp3) is 0.125. The fourth-order valence-corrected chi connectivity index (χ4v) is 3.65. The summed E-state index contributed by atoms with van der Waals surface area (Å²) in [6.07, 6.45) is 4.79. The standard InChI is InChI=1S/C24H20N6O3/c1-14-12-16(33-24-25-9-5-10-26-24)7-8-18(14)28-23(31)17-13-19(20-6-4-11-32-20)27-22-21(17)15(2)29-30(22)3/h4-13H,1-3H3,(H,28,31). The van der Waals surface area contributed by atoms with E-state index < -0.39 is 0 Å². The average Bonchev–Trinajstić information content (AvgIpc) is 3.44. The Bertz CT molecular complexity index is 1460. The minimum atomic E-state index is -0.269. The second-order valence-electron chi connectivity index (χ2n) is 7.50. The van der Waals surface area contributed by atoms with Crippen LogP contribution in [0.15, 0.2) is 65.5 Å². The van der Waals surface area contributed by atoms with Gasteiger partial charge in [0.1, 0.15) is 11.4 Å². The first-order valence-electron chi connectivity index (χ1n) is 10.2. The molecule has 5 aromatic rings. The van der Waals surface area contributed by atoms with Crippen LogP contribution >= 0.6 is 0 Å². The monoisotopic (exact) mass is 440 g/mol. The van der Waals surface area contributed by atoms with Gasteiger partial charge < -0.3 is 14.5 Å². The van der Waals surface area contributed by atoms with Gasteiger partial charge in [-0.25, -0.2) is 15.0 Å². The van der Waals surface area contributed by atoms with Crippen molar-refractivity contribution < 1.29 is 13.9 Å². The lowest BCUT2D eigenvalue weighted by molar-refractivity contribution is 0.102. The summed E-state index contributed by atoms with van der Waals surface area (Å²) in [7, 11) is 1.80. The number of anilines is 1. The summed E-state index contributed by atoms with van der Waals surface area (Å²) < 4.78 is 12.8.